The van der Waals surface area contributed by atoms with Crippen molar-refractivity contribution in [3.05, 3.63) is 71.3 Å². The summed E-state index contributed by atoms with van der Waals surface area (Å²) in [6.45, 7) is 2.46. The summed E-state index contributed by atoms with van der Waals surface area (Å²) in [5.74, 6) is 1.04. The lowest BCUT2D eigenvalue weighted by Gasteiger charge is -2.39. The molecule has 144 valence electrons. The smallest absolute Gasteiger partial charge is 0.256 e. The number of morpholine rings is 1. The molecule has 0 radical (unpaired) electrons. The molecule has 0 aromatic heterocycles. The molecule has 1 amide bonds. The Morgan fingerprint density at radius 3 is 2.68 bits per heavy atom. The number of hydrogen-bond donors (Lipinski definition) is 2. The van der Waals surface area contributed by atoms with E-state index in [2.05, 4.69) is 23.5 Å². The molecular weight excluding hydrogens is 352 g/mol. The zero-order chi connectivity index (χ0) is 19.1. The van der Waals surface area contributed by atoms with Gasteiger partial charge in [0.15, 0.2) is 0 Å². The molecule has 1 aliphatic carbocycles. The number of benzene rings is 2. The highest BCUT2D eigenvalue weighted by Gasteiger charge is 2.39. The van der Waals surface area contributed by atoms with E-state index in [0.29, 0.717) is 38.1 Å². The van der Waals surface area contributed by atoms with Gasteiger partial charge in [0.25, 0.3) is 5.91 Å². The molecule has 2 N–H and O–H groups in total. The second-order valence-corrected chi connectivity index (χ2v) is 7.74. The fourth-order valence-electron chi connectivity index (χ4n) is 4.75. The van der Waals surface area contributed by atoms with Crippen LogP contribution in [0.2, 0.25) is 0 Å². The number of para-hydroxylation sites is 1. The highest BCUT2D eigenvalue weighted by atomic mass is 16.5. The zero-order valence-electron chi connectivity index (χ0n) is 15.7. The Labute approximate surface area is 164 Å². The number of nitrogens with zero attached hydrogens (tertiary/aromatic N) is 1. The number of amides is 1. The van der Waals surface area contributed by atoms with Crippen LogP contribution in [0.4, 0.5) is 5.69 Å². The maximum absolute atomic E-state index is 13.2. The second-order valence-electron chi connectivity index (χ2n) is 7.74. The molecule has 1 saturated heterocycles. The minimum absolute atomic E-state index is 0.0672. The predicted octanol–water partition coefficient (Wildman–Crippen LogP) is 3.69. The van der Waals surface area contributed by atoms with Gasteiger partial charge in [-0.25, -0.2) is 0 Å². The van der Waals surface area contributed by atoms with E-state index in [0.717, 1.165) is 23.2 Å². The van der Waals surface area contributed by atoms with Gasteiger partial charge in [-0.15, -0.1) is 0 Å². The van der Waals surface area contributed by atoms with Gasteiger partial charge in [0.05, 0.1) is 30.5 Å². The summed E-state index contributed by atoms with van der Waals surface area (Å²) in [5.41, 5.74) is 4.02. The predicted molar refractivity (Wildman–Crippen MR) is 108 cm³/mol. The highest BCUT2D eigenvalue weighted by Crippen LogP contribution is 2.50. The second kappa shape index (κ2) is 6.99. The Bertz CT molecular complexity index is 916. The quantitative estimate of drug-likeness (QED) is 0.785. The van der Waals surface area contributed by atoms with Gasteiger partial charge in [0, 0.05) is 19.0 Å². The van der Waals surface area contributed by atoms with Gasteiger partial charge in [-0.3, -0.25) is 4.79 Å². The first-order chi connectivity index (χ1) is 13.7. The Morgan fingerprint density at radius 2 is 1.89 bits per heavy atom. The first-order valence-electron chi connectivity index (χ1n) is 9.94. The molecule has 0 saturated carbocycles. The van der Waals surface area contributed by atoms with Crippen LogP contribution >= 0.6 is 0 Å². The van der Waals surface area contributed by atoms with E-state index in [4.69, 9.17) is 4.74 Å². The summed E-state index contributed by atoms with van der Waals surface area (Å²) >= 11 is 0. The van der Waals surface area contributed by atoms with Gasteiger partial charge in [-0.05, 0) is 41.7 Å². The van der Waals surface area contributed by atoms with Gasteiger partial charge in [-0.1, -0.05) is 36.4 Å². The number of aromatic hydroxyl groups is 1. The molecule has 5 rings (SSSR count). The molecule has 2 aromatic carbocycles. The van der Waals surface area contributed by atoms with Crippen LogP contribution in [0.3, 0.4) is 0 Å². The number of fused-ring (bicyclic) bond motifs is 3. The molecule has 2 aliphatic heterocycles. The number of nitrogens with one attached hydrogen (secondary N) is 1. The third-order valence-electron chi connectivity index (χ3n) is 6.18. The van der Waals surface area contributed by atoms with E-state index in [1.54, 1.807) is 12.1 Å². The third kappa shape index (κ3) is 2.87. The summed E-state index contributed by atoms with van der Waals surface area (Å²) in [6.07, 6.45) is 5.53. The van der Waals surface area contributed by atoms with Crippen LogP contribution in [-0.2, 0) is 4.74 Å². The van der Waals surface area contributed by atoms with Crippen molar-refractivity contribution in [3.8, 4) is 5.75 Å². The normalized spacial score (nSPS) is 25.7. The molecule has 28 heavy (non-hydrogen) atoms. The fraction of sp³-hybridized carbons (Fsp3) is 0.348. The molecule has 3 aliphatic rings. The van der Waals surface area contributed by atoms with Gasteiger partial charge in [-0.2, -0.15) is 0 Å². The number of anilines is 1. The average molecular weight is 376 g/mol. The summed E-state index contributed by atoms with van der Waals surface area (Å²) in [7, 11) is 0. The van der Waals surface area contributed by atoms with Crippen LogP contribution in [0.5, 0.6) is 5.75 Å². The van der Waals surface area contributed by atoms with Gasteiger partial charge in [0.1, 0.15) is 5.75 Å². The average Bonchev–Trinajstić information content (AvgIpc) is 3.24. The first kappa shape index (κ1) is 17.3. The first-order valence-corrected chi connectivity index (χ1v) is 9.94. The summed E-state index contributed by atoms with van der Waals surface area (Å²) < 4.78 is 5.40. The molecule has 0 bridgehead atoms. The lowest BCUT2D eigenvalue weighted by molar-refractivity contribution is 0.0303. The summed E-state index contributed by atoms with van der Waals surface area (Å²) in [4.78, 5) is 15.1. The van der Waals surface area contributed by atoms with E-state index in [-0.39, 0.29) is 17.7 Å². The Hall–Kier alpha value is -2.79. The molecule has 3 unspecified atom stereocenters. The van der Waals surface area contributed by atoms with E-state index in [9.17, 15) is 9.90 Å². The van der Waals surface area contributed by atoms with Gasteiger partial charge in [0.2, 0.25) is 0 Å². The van der Waals surface area contributed by atoms with Crippen molar-refractivity contribution in [2.45, 2.75) is 18.4 Å². The number of allylic oxidation sites excluding steroid dienone is 2. The zero-order valence-corrected chi connectivity index (χ0v) is 15.7. The summed E-state index contributed by atoms with van der Waals surface area (Å²) in [6, 6.07) is 13.6. The standard InChI is InChI=1S/C23H24N2O3/c26-16-9-7-15(8-10-16)21-18-4-1-3-17(18)19-5-2-6-20(22(19)24-21)23(27)25-11-13-28-14-12-25/h1-3,5-10,17-18,21,24,26H,4,11-14H2. The van der Waals surface area contributed by atoms with E-state index >= 15 is 0 Å². The van der Waals surface area contributed by atoms with Crippen LogP contribution in [0.1, 0.15) is 39.9 Å². The monoisotopic (exact) mass is 376 g/mol. The molecular formula is C23H24N2O3. The Morgan fingerprint density at radius 1 is 1.11 bits per heavy atom. The van der Waals surface area contributed by atoms with Crippen LogP contribution in [0.25, 0.3) is 0 Å². The number of hydrogen-bond acceptors (Lipinski definition) is 4. The van der Waals surface area contributed by atoms with Crippen LogP contribution in [-0.4, -0.2) is 42.2 Å². The van der Waals surface area contributed by atoms with Crippen molar-refractivity contribution in [1.82, 2.24) is 4.90 Å². The number of phenols is 1. The van der Waals surface area contributed by atoms with Gasteiger partial charge >= 0.3 is 0 Å². The Kier molecular flexibility index (Phi) is 4.32. The lowest BCUT2D eigenvalue weighted by Crippen LogP contribution is -2.41. The Balaban J connectivity index is 1.55. The number of phenolic OH excluding ortho intramolecular Hbond substituents is 1. The third-order valence-corrected chi connectivity index (χ3v) is 6.18. The molecule has 2 aromatic rings. The van der Waals surface area contributed by atoms with E-state index in [1.165, 1.54) is 5.56 Å². The highest BCUT2D eigenvalue weighted by molar-refractivity contribution is 6.01. The lowest BCUT2D eigenvalue weighted by atomic mass is 9.76. The fourth-order valence-corrected chi connectivity index (χ4v) is 4.75. The van der Waals surface area contributed by atoms with Crippen LogP contribution in [0, 0.1) is 5.92 Å². The van der Waals surface area contributed by atoms with Crippen LogP contribution < -0.4 is 5.32 Å². The van der Waals surface area contributed by atoms with Crippen molar-refractivity contribution < 1.29 is 14.6 Å². The van der Waals surface area contributed by atoms with Crippen molar-refractivity contribution in [2.24, 2.45) is 5.92 Å². The number of carbonyl (C=O) groups excluding carboxylic acids is 1. The minimum atomic E-state index is 0.0672. The van der Waals surface area contributed by atoms with Crippen molar-refractivity contribution in [2.75, 3.05) is 31.6 Å². The number of rotatable bonds is 2. The SMILES string of the molecule is O=C(c1cccc2c1NC(c1ccc(O)cc1)C1CC=CC21)N1CCOCC1. The maximum Gasteiger partial charge on any atom is 0.256 e. The minimum Gasteiger partial charge on any atom is -0.508 e. The molecule has 3 atom stereocenters. The summed E-state index contributed by atoms with van der Waals surface area (Å²) in [5, 5.41) is 13.4. The van der Waals surface area contributed by atoms with Crippen molar-refractivity contribution >= 4 is 11.6 Å². The van der Waals surface area contributed by atoms with Crippen LogP contribution in [0.15, 0.2) is 54.6 Å². The van der Waals surface area contributed by atoms with Crippen molar-refractivity contribution in [1.29, 1.82) is 0 Å². The molecule has 5 nitrogen and oxygen atoms in total. The largest absolute Gasteiger partial charge is 0.508 e. The van der Waals surface area contributed by atoms with E-state index < -0.39 is 0 Å². The topological polar surface area (TPSA) is 61.8 Å². The molecule has 0 spiro atoms. The molecule has 1 fully saturated rings. The maximum atomic E-state index is 13.2. The van der Waals surface area contributed by atoms with E-state index in [1.807, 2.05) is 29.2 Å². The van der Waals surface area contributed by atoms with Crippen molar-refractivity contribution in [3.63, 3.8) is 0 Å². The number of ether oxygens (including phenoxy) is 1. The number of carbonyl (C=O) groups is 1. The molecule has 2 heterocycles. The molecule has 5 heteroatoms. The van der Waals surface area contributed by atoms with Gasteiger partial charge < -0.3 is 20.1 Å².